The van der Waals surface area contributed by atoms with Crippen LogP contribution >= 0.6 is 0 Å². The minimum Gasteiger partial charge on any atom is -0.462 e. The van der Waals surface area contributed by atoms with Crippen LogP contribution in [0.15, 0.2) is 24.5 Å². The zero-order chi connectivity index (χ0) is 23.5. The van der Waals surface area contributed by atoms with Gasteiger partial charge < -0.3 is 24.2 Å². The van der Waals surface area contributed by atoms with E-state index in [1.165, 1.54) is 0 Å². The highest BCUT2D eigenvalue weighted by molar-refractivity contribution is 5.99. The first kappa shape index (κ1) is 23.5. The Morgan fingerprint density at radius 3 is 2.56 bits per heavy atom. The Bertz CT molecular complexity index is 1120. The molecule has 0 aliphatic heterocycles. The predicted octanol–water partition coefficient (Wildman–Crippen LogP) is 3.96. The summed E-state index contributed by atoms with van der Waals surface area (Å²) in [6.45, 7) is 12.2. The summed E-state index contributed by atoms with van der Waals surface area (Å²) < 4.78 is 12.8. The fourth-order valence-corrected chi connectivity index (χ4v) is 3.64. The molecule has 0 saturated heterocycles. The van der Waals surface area contributed by atoms with Gasteiger partial charge in [0.1, 0.15) is 16.9 Å². The Labute approximate surface area is 188 Å². The number of esters is 2. The zero-order valence-electron chi connectivity index (χ0n) is 19.7. The summed E-state index contributed by atoms with van der Waals surface area (Å²) in [6.07, 6.45) is 4.42. The predicted molar refractivity (Wildman–Crippen MR) is 122 cm³/mol. The van der Waals surface area contributed by atoms with Gasteiger partial charge in [0, 0.05) is 31.2 Å². The number of aromatic amines is 1. The Balaban J connectivity index is 1.85. The van der Waals surface area contributed by atoms with Crippen molar-refractivity contribution in [1.29, 1.82) is 0 Å². The standard InChI is InChI=1S/C24H32N4O4/c1-7-17-19(22(29)31-8-2)18(27-20(17)23(30)32-24(4,5)6)13-25-12-16-14-28-11-9-10-15(3)21(28)26-16/h9-11,14,25,27H,7-8,12-13H2,1-6H3. The number of rotatable bonds is 8. The van der Waals surface area contributed by atoms with Crippen LogP contribution in [0.3, 0.4) is 0 Å². The van der Waals surface area contributed by atoms with E-state index in [1.54, 1.807) is 6.92 Å². The first-order chi connectivity index (χ1) is 15.1. The van der Waals surface area contributed by atoms with Gasteiger partial charge in [0.2, 0.25) is 0 Å². The van der Waals surface area contributed by atoms with Gasteiger partial charge in [-0.25, -0.2) is 14.6 Å². The van der Waals surface area contributed by atoms with Gasteiger partial charge in [-0.15, -0.1) is 0 Å². The topological polar surface area (TPSA) is 97.7 Å². The highest BCUT2D eigenvalue weighted by Gasteiger charge is 2.29. The zero-order valence-corrected chi connectivity index (χ0v) is 19.7. The van der Waals surface area contributed by atoms with E-state index in [0.717, 1.165) is 16.9 Å². The van der Waals surface area contributed by atoms with E-state index in [2.05, 4.69) is 15.3 Å². The van der Waals surface area contributed by atoms with Gasteiger partial charge in [0.15, 0.2) is 0 Å². The van der Waals surface area contributed by atoms with Crippen molar-refractivity contribution in [2.45, 2.75) is 66.7 Å². The minimum atomic E-state index is -0.642. The van der Waals surface area contributed by atoms with Gasteiger partial charge in [0.25, 0.3) is 0 Å². The van der Waals surface area contributed by atoms with Crippen LogP contribution in [0.5, 0.6) is 0 Å². The van der Waals surface area contributed by atoms with Crippen molar-refractivity contribution in [2.24, 2.45) is 0 Å². The van der Waals surface area contributed by atoms with Crippen molar-refractivity contribution < 1.29 is 19.1 Å². The van der Waals surface area contributed by atoms with Crippen molar-refractivity contribution in [1.82, 2.24) is 19.7 Å². The molecule has 0 spiro atoms. The van der Waals surface area contributed by atoms with Crippen molar-refractivity contribution in [2.75, 3.05) is 6.61 Å². The number of imidazole rings is 1. The molecule has 3 aromatic rings. The number of pyridine rings is 1. The van der Waals surface area contributed by atoms with Crippen LogP contribution < -0.4 is 5.32 Å². The molecule has 0 atom stereocenters. The molecule has 8 nitrogen and oxygen atoms in total. The first-order valence-corrected chi connectivity index (χ1v) is 10.9. The monoisotopic (exact) mass is 440 g/mol. The molecule has 0 saturated carbocycles. The van der Waals surface area contributed by atoms with Crippen LogP contribution in [0, 0.1) is 6.92 Å². The molecule has 172 valence electrons. The molecule has 32 heavy (non-hydrogen) atoms. The summed E-state index contributed by atoms with van der Waals surface area (Å²) in [6, 6.07) is 4.00. The van der Waals surface area contributed by atoms with Crippen LogP contribution in [0.25, 0.3) is 5.65 Å². The molecule has 8 heteroatoms. The van der Waals surface area contributed by atoms with Gasteiger partial charge in [-0.05, 0) is 58.2 Å². The summed E-state index contributed by atoms with van der Waals surface area (Å²) in [7, 11) is 0. The van der Waals surface area contributed by atoms with E-state index >= 15 is 0 Å². The second-order valence-electron chi connectivity index (χ2n) is 8.67. The number of aryl methyl sites for hydroxylation is 1. The first-order valence-electron chi connectivity index (χ1n) is 10.9. The van der Waals surface area contributed by atoms with Crippen molar-refractivity contribution in [3.8, 4) is 0 Å². The van der Waals surface area contributed by atoms with E-state index in [1.807, 2.05) is 63.5 Å². The molecular weight excluding hydrogens is 408 g/mol. The largest absolute Gasteiger partial charge is 0.462 e. The second kappa shape index (κ2) is 9.56. The summed E-state index contributed by atoms with van der Waals surface area (Å²) >= 11 is 0. The second-order valence-corrected chi connectivity index (χ2v) is 8.67. The van der Waals surface area contributed by atoms with E-state index in [9.17, 15) is 9.59 Å². The molecule has 0 fully saturated rings. The summed E-state index contributed by atoms with van der Waals surface area (Å²) in [5.74, 6) is -0.933. The Morgan fingerprint density at radius 1 is 1.19 bits per heavy atom. The number of hydrogen-bond acceptors (Lipinski definition) is 6. The molecular formula is C24H32N4O4. The molecule has 3 rings (SSSR count). The third kappa shape index (κ3) is 5.19. The molecule has 0 aliphatic carbocycles. The molecule has 0 bridgehead atoms. The molecule has 0 radical (unpaired) electrons. The number of aromatic nitrogens is 3. The lowest BCUT2D eigenvalue weighted by molar-refractivity contribution is 0.00621. The number of hydrogen-bond donors (Lipinski definition) is 2. The summed E-state index contributed by atoms with van der Waals surface area (Å²) in [4.78, 5) is 33.3. The van der Waals surface area contributed by atoms with E-state index < -0.39 is 17.5 Å². The average Bonchev–Trinajstić information content (AvgIpc) is 3.29. The SMILES string of the molecule is CCOC(=O)c1c(CNCc2cn3cccc(C)c3n2)[nH]c(C(=O)OC(C)(C)C)c1CC. The van der Waals surface area contributed by atoms with Crippen molar-refractivity contribution >= 4 is 17.6 Å². The molecule has 3 aromatic heterocycles. The summed E-state index contributed by atoms with van der Waals surface area (Å²) in [5, 5.41) is 3.32. The molecule has 0 aromatic carbocycles. The lowest BCUT2D eigenvalue weighted by atomic mass is 10.1. The number of fused-ring (bicyclic) bond motifs is 1. The molecule has 2 N–H and O–H groups in total. The van der Waals surface area contributed by atoms with E-state index in [-0.39, 0.29) is 6.61 Å². The van der Waals surface area contributed by atoms with Gasteiger partial charge in [0.05, 0.1) is 17.9 Å². The number of nitrogens with one attached hydrogen (secondary N) is 2. The van der Waals surface area contributed by atoms with Crippen molar-refractivity contribution in [3.05, 3.63) is 58.3 Å². The van der Waals surface area contributed by atoms with Gasteiger partial charge in [-0.1, -0.05) is 13.0 Å². The average molecular weight is 441 g/mol. The number of nitrogens with zero attached hydrogens (tertiary/aromatic N) is 2. The normalized spacial score (nSPS) is 11.7. The third-order valence-electron chi connectivity index (χ3n) is 4.95. The maximum atomic E-state index is 12.8. The number of carbonyl (C=O) groups is 2. The molecule has 0 unspecified atom stereocenters. The van der Waals surface area contributed by atoms with Gasteiger partial charge in [-0.2, -0.15) is 0 Å². The summed E-state index contributed by atoms with van der Waals surface area (Å²) in [5.41, 5.74) is 4.15. The Kier molecular flexibility index (Phi) is 7.03. The molecule has 0 amide bonds. The lowest BCUT2D eigenvalue weighted by Crippen LogP contribution is -2.24. The van der Waals surface area contributed by atoms with Crippen LogP contribution in [0.4, 0.5) is 0 Å². The van der Waals surface area contributed by atoms with Crippen LogP contribution in [0.1, 0.15) is 78.0 Å². The van der Waals surface area contributed by atoms with Gasteiger partial charge >= 0.3 is 11.9 Å². The fraction of sp³-hybridized carbons (Fsp3) is 0.458. The van der Waals surface area contributed by atoms with Crippen LogP contribution in [-0.4, -0.2) is 38.5 Å². The number of ether oxygens (including phenoxy) is 2. The van der Waals surface area contributed by atoms with Crippen molar-refractivity contribution in [3.63, 3.8) is 0 Å². The lowest BCUT2D eigenvalue weighted by Gasteiger charge is -2.19. The maximum Gasteiger partial charge on any atom is 0.355 e. The maximum absolute atomic E-state index is 12.8. The highest BCUT2D eigenvalue weighted by atomic mass is 16.6. The molecule has 0 aliphatic rings. The highest BCUT2D eigenvalue weighted by Crippen LogP contribution is 2.24. The third-order valence-corrected chi connectivity index (χ3v) is 4.95. The molecule has 3 heterocycles. The van der Waals surface area contributed by atoms with Crippen LogP contribution in [-0.2, 0) is 29.0 Å². The quantitative estimate of drug-likeness (QED) is 0.515. The van der Waals surface area contributed by atoms with Gasteiger partial charge in [-0.3, -0.25) is 0 Å². The number of carbonyl (C=O) groups excluding carboxylic acids is 2. The fourth-order valence-electron chi connectivity index (χ4n) is 3.64. The van der Waals surface area contributed by atoms with E-state index in [4.69, 9.17) is 9.47 Å². The van der Waals surface area contributed by atoms with Crippen LogP contribution in [0.2, 0.25) is 0 Å². The number of H-pyrrole nitrogens is 1. The Morgan fingerprint density at radius 2 is 1.94 bits per heavy atom. The van der Waals surface area contributed by atoms with E-state index in [0.29, 0.717) is 42.0 Å². The minimum absolute atomic E-state index is 0.252. The Hall–Kier alpha value is -3.13. The smallest absolute Gasteiger partial charge is 0.355 e.